The average Bonchev–Trinajstić information content (AvgIpc) is 2.17. The number of nitrogens with zero attached hydrogens (tertiary/aromatic N) is 1. The Hall–Kier alpha value is 0.390. The fourth-order valence-electron chi connectivity index (χ4n) is 1.71. The van der Waals surface area contributed by atoms with Crippen molar-refractivity contribution in [3.63, 3.8) is 0 Å². The lowest BCUT2D eigenvalue weighted by Crippen LogP contribution is -2.40. The van der Waals surface area contributed by atoms with Gasteiger partial charge < -0.3 is 4.90 Å². The van der Waals surface area contributed by atoms with Gasteiger partial charge in [0, 0.05) is 18.4 Å². The molecule has 1 aliphatic rings. The zero-order chi connectivity index (χ0) is 11.3. The van der Waals surface area contributed by atoms with Crippen LogP contribution in [0.1, 0.15) is 19.8 Å². The van der Waals surface area contributed by atoms with Crippen molar-refractivity contribution in [3.8, 4) is 0 Å². The Balaban J connectivity index is 2.19. The van der Waals surface area contributed by atoms with Gasteiger partial charge in [0.25, 0.3) is 0 Å². The monoisotopic (exact) mass is 297 g/mol. The van der Waals surface area contributed by atoms with Crippen LogP contribution in [-0.4, -0.2) is 49.8 Å². The van der Waals surface area contributed by atoms with Gasteiger partial charge in [0.2, 0.25) is 0 Å². The highest BCUT2D eigenvalue weighted by Crippen LogP contribution is 2.11. The quantitative estimate of drug-likeness (QED) is 0.722. The molecule has 0 amide bonds. The first-order valence-electron chi connectivity index (χ1n) is 5.52. The molecule has 1 aliphatic heterocycles. The van der Waals surface area contributed by atoms with E-state index < -0.39 is 9.84 Å². The maximum atomic E-state index is 11.2. The molecule has 1 unspecified atom stereocenters. The Morgan fingerprint density at radius 3 is 2.40 bits per heavy atom. The number of alkyl halides is 1. The van der Waals surface area contributed by atoms with Gasteiger partial charge in [-0.1, -0.05) is 22.9 Å². The molecule has 1 fully saturated rings. The predicted molar refractivity (Wildman–Crippen MR) is 67.3 cm³/mol. The molecule has 0 radical (unpaired) electrons. The number of rotatable bonds is 5. The molecule has 0 bridgehead atoms. The Kier molecular flexibility index (Phi) is 5.57. The summed E-state index contributed by atoms with van der Waals surface area (Å²) >= 11 is 3.44. The smallest absolute Gasteiger partial charge is 0.152 e. The van der Waals surface area contributed by atoms with Crippen LogP contribution >= 0.6 is 15.9 Å². The van der Waals surface area contributed by atoms with Crippen molar-refractivity contribution in [1.29, 1.82) is 0 Å². The van der Waals surface area contributed by atoms with Crippen molar-refractivity contribution in [2.24, 2.45) is 5.92 Å². The number of sulfone groups is 1. The van der Waals surface area contributed by atoms with Crippen molar-refractivity contribution in [2.45, 2.75) is 19.8 Å². The average molecular weight is 298 g/mol. The zero-order valence-corrected chi connectivity index (χ0v) is 11.7. The van der Waals surface area contributed by atoms with Gasteiger partial charge in [-0.25, -0.2) is 8.42 Å². The van der Waals surface area contributed by atoms with Crippen molar-refractivity contribution < 1.29 is 8.42 Å². The highest BCUT2D eigenvalue weighted by Gasteiger charge is 2.21. The van der Waals surface area contributed by atoms with E-state index in [2.05, 4.69) is 27.8 Å². The molecule has 3 nitrogen and oxygen atoms in total. The van der Waals surface area contributed by atoms with Crippen LogP contribution in [-0.2, 0) is 9.84 Å². The molecule has 1 atom stereocenters. The highest BCUT2D eigenvalue weighted by molar-refractivity contribution is 9.09. The first-order valence-corrected chi connectivity index (χ1v) is 8.46. The molecular formula is C10H20BrNO2S. The number of hydrogen-bond acceptors (Lipinski definition) is 3. The minimum atomic E-state index is -2.71. The van der Waals surface area contributed by atoms with E-state index >= 15 is 0 Å². The maximum Gasteiger partial charge on any atom is 0.152 e. The molecule has 0 N–H and O–H groups in total. The lowest BCUT2D eigenvalue weighted by atomic mass is 10.1. The largest absolute Gasteiger partial charge is 0.301 e. The molecular weight excluding hydrogens is 278 g/mol. The summed E-state index contributed by atoms with van der Waals surface area (Å²) in [6, 6.07) is 0. The Morgan fingerprint density at radius 1 is 1.27 bits per heavy atom. The Labute approximate surface area is 101 Å². The molecule has 90 valence electrons. The summed E-state index contributed by atoms with van der Waals surface area (Å²) in [6.45, 7) is 4.75. The second kappa shape index (κ2) is 6.21. The highest BCUT2D eigenvalue weighted by atomic mass is 79.9. The molecule has 1 rings (SSSR count). The zero-order valence-electron chi connectivity index (χ0n) is 9.28. The van der Waals surface area contributed by atoms with E-state index in [1.165, 1.54) is 12.8 Å². The van der Waals surface area contributed by atoms with Gasteiger partial charge in [-0.3, -0.25) is 0 Å². The third-order valence-corrected chi connectivity index (χ3v) is 5.04. The van der Waals surface area contributed by atoms with E-state index in [1.807, 2.05) is 0 Å². The van der Waals surface area contributed by atoms with E-state index in [0.717, 1.165) is 30.9 Å². The standard InChI is InChI=1S/C10H20BrNO2S/c1-10(2-4-11)3-5-12-6-8-15(13,14)9-7-12/h10H,2-9H2,1H3. The SMILES string of the molecule is CC(CCBr)CCN1CCS(=O)(=O)CC1. The Morgan fingerprint density at radius 2 is 1.87 bits per heavy atom. The lowest BCUT2D eigenvalue weighted by molar-refractivity contribution is 0.272. The fourth-order valence-corrected chi connectivity index (χ4v) is 3.77. The molecule has 0 aromatic heterocycles. The van der Waals surface area contributed by atoms with E-state index in [1.54, 1.807) is 0 Å². The summed E-state index contributed by atoms with van der Waals surface area (Å²) in [7, 11) is -2.71. The summed E-state index contributed by atoms with van der Waals surface area (Å²) in [5.41, 5.74) is 0. The van der Waals surface area contributed by atoms with Gasteiger partial charge in [0.05, 0.1) is 11.5 Å². The van der Waals surface area contributed by atoms with Gasteiger partial charge in [-0.05, 0) is 25.3 Å². The molecule has 0 saturated carbocycles. The third kappa shape index (κ3) is 5.31. The molecule has 1 saturated heterocycles. The predicted octanol–water partition coefficient (Wildman–Crippen LogP) is 1.53. The first kappa shape index (κ1) is 13.5. The number of hydrogen-bond donors (Lipinski definition) is 0. The van der Waals surface area contributed by atoms with E-state index in [9.17, 15) is 8.42 Å². The first-order chi connectivity index (χ1) is 7.03. The van der Waals surface area contributed by atoms with Crippen molar-refractivity contribution in [2.75, 3.05) is 36.5 Å². The van der Waals surface area contributed by atoms with Gasteiger partial charge in [-0.15, -0.1) is 0 Å². The molecule has 1 heterocycles. The van der Waals surface area contributed by atoms with Crippen molar-refractivity contribution >= 4 is 25.8 Å². The van der Waals surface area contributed by atoms with Crippen LogP contribution in [0, 0.1) is 5.92 Å². The summed E-state index contributed by atoms with van der Waals surface area (Å²) in [4.78, 5) is 2.27. The van der Waals surface area contributed by atoms with E-state index in [0.29, 0.717) is 11.5 Å². The second-order valence-corrected chi connectivity index (χ2v) is 7.46. The van der Waals surface area contributed by atoms with Gasteiger partial charge in [0.1, 0.15) is 0 Å². The summed E-state index contributed by atoms with van der Waals surface area (Å²) in [5, 5.41) is 1.06. The van der Waals surface area contributed by atoms with E-state index in [4.69, 9.17) is 0 Å². The summed E-state index contributed by atoms with van der Waals surface area (Å²) in [5.74, 6) is 1.42. The molecule has 5 heteroatoms. The number of halogens is 1. The normalized spacial score (nSPS) is 23.9. The van der Waals surface area contributed by atoms with E-state index in [-0.39, 0.29) is 0 Å². The van der Waals surface area contributed by atoms with Crippen LogP contribution in [0.2, 0.25) is 0 Å². The molecule has 0 aliphatic carbocycles. The second-order valence-electron chi connectivity index (χ2n) is 4.36. The van der Waals surface area contributed by atoms with Crippen LogP contribution in [0.4, 0.5) is 0 Å². The molecule has 0 aromatic carbocycles. The van der Waals surface area contributed by atoms with Gasteiger partial charge in [0.15, 0.2) is 9.84 Å². The minimum Gasteiger partial charge on any atom is -0.301 e. The third-order valence-electron chi connectivity index (χ3n) is 2.98. The van der Waals surface area contributed by atoms with Crippen LogP contribution < -0.4 is 0 Å². The molecule has 0 spiro atoms. The topological polar surface area (TPSA) is 37.4 Å². The molecule has 0 aromatic rings. The van der Waals surface area contributed by atoms with Gasteiger partial charge >= 0.3 is 0 Å². The molecule has 15 heavy (non-hydrogen) atoms. The van der Waals surface area contributed by atoms with Gasteiger partial charge in [-0.2, -0.15) is 0 Å². The maximum absolute atomic E-state index is 11.2. The lowest BCUT2D eigenvalue weighted by Gasteiger charge is -2.27. The van der Waals surface area contributed by atoms with Crippen LogP contribution in [0.25, 0.3) is 0 Å². The Bertz CT molecular complexity index is 265. The van der Waals surface area contributed by atoms with Crippen LogP contribution in [0.15, 0.2) is 0 Å². The summed E-state index contributed by atoms with van der Waals surface area (Å²) < 4.78 is 22.4. The van der Waals surface area contributed by atoms with Crippen LogP contribution in [0.3, 0.4) is 0 Å². The minimum absolute atomic E-state index is 0.347. The van der Waals surface area contributed by atoms with Crippen molar-refractivity contribution in [1.82, 2.24) is 4.90 Å². The summed E-state index contributed by atoms with van der Waals surface area (Å²) in [6.07, 6.45) is 2.37. The van der Waals surface area contributed by atoms with Crippen LogP contribution in [0.5, 0.6) is 0 Å². The fraction of sp³-hybridized carbons (Fsp3) is 1.00. The van der Waals surface area contributed by atoms with Crippen molar-refractivity contribution in [3.05, 3.63) is 0 Å².